The number of rotatable bonds is 4. The van der Waals surface area contributed by atoms with E-state index in [2.05, 4.69) is 51.8 Å². The first kappa shape index (κ1) is 13.8. The highest BCUT2D eigenvalue weighted by atomic mass is 127. The highest BCUT2D eigenvalue weighted by Gasteiger charge is 2.42. The molecule has 104 valence electrons. The average molecular weight is 373 g/mol. The van der Waals surface area contributed by atoms with Gasteiger partial charge in [-0.05, 0) is 78.3 Å². The molecule has 0 aromatic heterocycles. The number of nitrogens with zero attached hydrogens (tertiary/aromatic N) is 1. The van der Waals surface area contributed by atoms with Crippen molar-refractivity contribution in [2.24, 2.45) is 0 Å². The number of fused-ring (bicyclic) bond motifs is 2. The van der Waals surface area contributed by atoms with Crippen LogP contribution in [0.3, 0.4) is 0 Å². The van der Waals surface area contributed by atoms with E-state index < -0.39 is 0 Å². The van der Waals surface area contributed by atoms with Gasteiger partial charge in [0, 0.05) is 22.2 Å². The molecule has 3 rings (SSSR count). The van der Waals surface area contributed by atoms with Crippen LogP contribution in [0.4, 0.5) is 4.39 Å². The zero-order chi connectivity index (χ0) is 13.2. The molecule has 3 unspecified atom stereocenters. The van der Waals surface area contributed by atoms with Crippen molar-refractivity contribution in [3.05, 3.63) is 33.4 Å². The predicted octanol–water partition coefficient (Wildman–Crippen LogP) is 4.36. The van der Waals surface area contributed by atoms with Crippen LogP contribution in [0.1, 0.15) is 43.6 Å². The van der Waals surface area contributed by atoms with Gasteiger partial charge >= 0.3 is 0 Å². The van der Waals surface area contributed by atoms with Crippen LogP contribution in [-0.4, -0.2) is 30.2 Å². The number of alkyl halides is 1. The largest absolute Gasteiger partial charge is 0.297 e. The lowest BCUT2D eigenvalue weighted by molar-refractivity contribution is 0.117. The lowest BCUT2D eigenvalue weighted by Gasteiger charge is -2.40. The molecule has 1 aromatic rings. The summed E-state index contributed by atoms with van der Waals surface area (Å²) in [5, 5.41) is 0. The Kier molecular flexibility index (Phi) is 4.42. The van der Waals surface area contributed by atoms with Crippen molar-refractivity contribution < 1.29 is 4.39 Å². The highest BCUT2D eigenvalue weighted by molar-refractivity contribution is 14.1. The van der Waals surface area contributed by atoms with E-state index in [-0.39, 0.29) is 6.67 Å². The minimum absolute atomic E-state index is 0.176. The molecule has 2 heterocycles. The standard InChI is InChI=1S/C16H21FIN/c17-10-1-11-19-14-6-8-15(16(19)9-7-14)12-2-4-13(18)5-3-12/h2-5,14-16H,1,6-11H2. The normalized spacial score (nSPS) is 30.7. The molecule has 0 saturated carbocycles. The number of hydrogen-bond donors (Lipinski definition) is 0. The first-order chi connectivity index (χ1) is 9.29. The molecule has 2 aliphatic heterocycles. The van der Waals surface area contributed by atoms with Gasteiger partial charge in [-0.2, -0.15) is 0 Å². The molecule has 2 bridgehead atoms. The molecular formula is C16H21FIN. The Morgan fingerprint density at radius 3 is 2.58 bits per heavy atom. The summed E-state index contributed by atoms with van der Waals surface area (Å²) in [5.74, 6) is 0.662. The van der Waals surface area contributed by atoms with Crippen LogP contribution in [0.25, 0.3) is 0 Å². The first-order valence-electron chi connectivity index (χ1n) is 7.37. The van der Waals surface area contributed by atoms with Crippen LogP contribution in [0.5, 0.6) is 0 Å². The Balaban J connectivity index is 1.77. The molecule has 1 nitrogen and oxygen atoms in total. The van der Waals surface area contributed by atoms with E-state index in [1.807, 2.05) is 0 Å². The van der Waals surface area contributed by atoms with Gasteiger partial charge in [-0.25, -0.2) is 0 Å². The molecule has 19 heavy (non-hydrogen) atoms. The van der Waals surface area contributed by atoms with Gasteiger partial charge in [-0.1, -0.05) is 12.1 Å². The summed E-state index contributed by atoms with van der Waals surface area (Å²) < 4.78 is 13.8. The fraction of sp³-hybridized carbons (Fsp3) is 0.625. The molecule has 0 amide bonds. The summed E-state index contributed by atoms with van der Waals surface area (Å²) in [6, 6.07) is 10.4. The van der Waals surface area contributed by atoms with E-state index in [4.69, 9.17) is 0 Å². The summed E-state index contributed by atoms with van der Waals surface area (Å²) in [7, 11) is 0. The van der Waals surface area contributed by atoms with Crippen molar-refractivity contribution in [2.45, 2.75) is 50.1 Å². The van der Waals surface area contributed by atoms with E-state index in [1.165, 1.54) is 34.8 Å². The van der Waals surface area contributed by atoms with Gasteiger partial charge in [-0.15, -0.1) is 0 Å². The lowest BCUT2D eigenvalue weighted by atomic mass is 9.84. The van der Waals surface area contributed by atoms with Gasteiger partial charge in [0.25, 0.3) is 0 Å². The van der Waals surface area contributed by atoms with Gasteiger partial charge in [0.05, 0.1) is 6.67 Å². The third-order valence-corrected chi connectivity index (χ3v) is 5.53. The minimum Gasteiger partial charge on any atom is -0.297 e. The quantitative estimate of drug-likeness (QED) is 0.709. The monoisotopic (exact) mass is 373 g/mol. The van der Waals surface area contributed by atoms with Crippen LogP contribution in [0, 0.1) is 3.57 Å². The molecule has 0 radical (unpaired) electrons. The van der Waals surface area contributed by atoms with Gasteiger partial charge < -0.3 is 0 Å². The maximum absolute atomic E-state index is 12.5. The Bertz CT molecular complexity index is 419. The fourth-order valence-corrected chi connectivity index (χ4v) is 4.32. The molecular weight excluding hydrogens is 352 g/mol. The van der Waals surface area contributed by atoms with Gasteiger partial charge in [-0.3, -0.25) is 9.29 Å². The zero-order valence-electron chi connectivity index (χ0n) is 11.2. The summed E-state index contributed by atoms with van der Waals surface area (Å²) >= 11 is 2.36. The number of piperidine rings is 1. The second-order valence-electron chi connectivity index (χ2n) is 5.81. The van der Waals surface area contributed by atoms with E-state index >= 15 is 0 Å². The first-order valence-corrected chi connectivity index (χ1v) is 8.44. The van der Waals surface area contributed by atoms with Gasteiger partial charge in [0.1, 0.15) is 0 Å². The van der Waals surface area contributed by atoms with E-state index in [0.29, 0.717) is 18.4 Å². The molecule has 1 aromatic carbocycles. The highest BCUT2D eigenvalue weighted by Crippen LogP contribution is 2.44. The molecule has 3 atom stereocenters. The molecule has 2 aliphatic rings. The van der Waals surface area contributed by atoms with Crippen molar-refractivity contribution in [3.8, 4) is 0 Å². The molecule has 0 spiro atoms. The van der Waals surface area contributed by atoms with Crippen molar-refractivity contribution >= 4 is 22.6 Å². The third kappa shape index (κ3) is 2.82. The summed E-state index contributed by atoms with van der Waals surface area (Å²) in [6.45, 7) is 0.775. The summed E-state index contributed by atoms with van der Waals surface area (Å²) in [5.41, 5.74) is 1.48. The van der Waals surface area contributed by atoms with Crippen LogP contribution in [-0.2, 0) is 0 Å². The molecule has 0 aliphatic carbocycles. The zero-order valence-corrected chi connectivity index (χ0v) is 13.4. The Morgan fingerprint density at radius 2 is 1.84 bits per heavy atom. The van der Waals surface area contributed by atoms with E-state index in [1.54, 1.807) is 0 Å². The van der Waals surface area contributed by atoms with Crippen molar-refractivity contribution in [2.75, 3.05) is 13.2 Å². The van der Waals surface area contributed by atoms with Crippen molar-refractivity contribution in [3.63, 3.8) is 0 Å². The third-order valence-electron chi connectivity index (χ3n) is 4.81. The lowest BCUT2D eigenvalue weighted by Crippen LogP contribution is -2.44. The SMILES string of the molecule is FCCCN1C2CCC(c3ccc(I)cc3)C1CC2. The van der Waals surface area contributed by atoms with Gasteiger partial charge in [0.15, 0.2) is 0 Å². The number of benzene rings is 1. The topological polar surface area (TPSA) is 3.24 Å². The van der Waals surface area contributed by atoms with E-state index in [0.717, 1.165) is 12.6 Å². The number of hydrogen-bond acceptors (Lipinski definition) is 1. The molecule has 2 fully saturated rings. The predicted molar refractivity (Wildman–Crippen MR) is 85.2 cm³/mol. The van der Waals surface area contributed by atoms with Gasteiger partial charge in [0.2, 0.25) is 0 Å². The smallest absolute Gasteiger partial charge is 0.0906 e. The number of halogens is 2. The van der Waals surface area contributed by atoms with Crippen LogP contribution in [0.15, 0.2) is 24.3 Å². The average Bonchev–Trinajstić information content (AvgIpc) is 2.69. The molecule has 3 heteroatoms. The maximum atomic E-state index is 12.5. The summed E-state index contributed by atoms with van der Waals surface area (Å²) in [4.78, 5) is 2.60. The van der Waals surface area contributed by atoms with E-state index in [9.17, 15) is 4.39 Å². The Hall–Kier alpha value is -0.160. The Labute approximate surface area is 128 Å². The minimum atomic E-state index is -0.176. The maximum Gasteiger partial charge on any atom is 0.0906 e. The van der Waals surface area contributed by atoms with Crippen LogP contribution < -0.4 is 0 Å². The molecule has 0 N–H and O–H groups in total. The second kappa shape index (κ2) is 6.08. The fourth-order valence-electron chi connectivity index (χ4n) is 3.96. The summed E-state index contributed by atoms with van der Waals surface area (Å²) in [6.07, 6.45) is 5.92. The van der Waals surface area contributed by atoms with Crippen LogP contribution in [0.2, 0.25) is 0 Å². The Morgan fingerprint density at radius 1 is 1.11 bits per heavy atom. The van der Waals surface area contributed by atoms with Crippen molar-refractivity contribution in [1.29, 1.82) is 0 Å². The van der Waals surface area contributed by atoms with Crippen molar-refractivity contribution in [1.82, 2.24) is 4.90 Å². The van der Waals surface area contributed by atoms with Crippen LogP contribution >= 0.6 is 22.6 Å². The second-order valence-corrected chi connectivity index (χ2v) is 7.06. The molecule has 2 saturated heterocycles.